The molecule has 0 spiro atoms. The fourth-order valence-corrected chi connectivity index (χ4v) is 5.56. The van der Waals surface area contributed by atoms with Gasteiger partial charge in [-0.1, -0.05) is 6.42 Å². The zero-order valence-electron chi connectivity index (χ0n) is 10.7. The van der Waals surface area contributed by atoms with Gasteiger partial charge in [0.05, 0.1) is 11.5 Å². The van der Waals surface area contributed by atoms with Gasteiger partial charge in [0.1, 0.15) is 9.84 Å². The molecule has 1 fully saturated rings. The Kier molecular flexibility index (Phi) is 5.57. The van der Waals surface area contributed by atoms with Crippen LogP contribution in [0.5, 0.6) is 0 Å². The molecule has 1 aliphatic rings. The normalized spacial score (nSPS) is 23.1. The van der Waals surface area contributed by atoms with Gasteiger partial charge in [-0.05, 0) is 25.8 Å². The number of sulfone groups is 1. The first-order valence-electron chi connectivity index (χ1n) is 6.13. The third-order valence-electron chi connectivity index (χ3n) is 3.14. The Labute approximate surface area is 110 Å². The maximum Gasteiger partial charge on any atom is 0.215 e. The highest BCUT2D eigenvalue weighted by Crippen LogP contribution is 2.22. The highest BCUT2D eigenvalue weighted by atomic mass is 32.2. The van der Waals surface area contributed by atoms with Crippen LogP contribution in [0, 0.1) is 0 Å². The minimum absolute atomic E-state index is 0.0617. The number of piperidine rings is 1. The van der Waals surface area contributed by atoms with Gasteiger partial charge in [0.2, 0.25) is 10.0 Å². The standard InChI is InChI=1S/C10H22N2O4S2/c1-17(13,14)8-9-18(15,16)12-7-3-2-4-10(12)5-6-11/h10H,2-9,11H2,1H3. The van der Waals surface area contributed by atoms with E-state index in [9.17, 15) is 16.8 Å². The molecule has 0 bridgehead atoms. The molecule has 18 heavy (non-hydrogen) atoms. The molecule has 1 atom stereocenters. The van der Waals surface area contributed by atoms with Crippen molar-refractivity contribution in [1.29, 1.82) is 0 Å². The Morgan fingerprint density at radius 3 is 2.39 bits per heavy atom. The quantitative estimate of drug-likeness (QED) is 0.717. The molecule has 0 aromatic rings. The summed E-state index contributed by atoms with van der Waals surface area (Å²) in [6, 6.07) is -0.0617. The Morgan fingerprint density at radius 1 is 1.17 bits per heavy atom. The van der Waals surface area contributed by atoms with Gasteiger partial charge in [-0.3, -0.25) is 0 Å². The first-order valence-corrected chi connectivity index (χ1v) is 9.80. The number of sulfonamides is 1. The van der Waals surface area contributed by atoms with Gasteiger partial charge in [0, 0.05) is 18.8 Å². The minimum Gasteiger partial charge on any atom is -0.330 e. The lowest BCUT2D eigenvalue weighted by molar-refractivity contribution is 0.243. The molecule has 1 unspecified atom stereocenters. The number of hydrogen-bond acceptors (Lipinski definition) is 5. The van der Waals surface area contributed by atoms with Crippen molar-refractivity contribution < 1.29 is 16.8 Å². The highest BCUT2D eigenvalue weighted by Gasteiger charge is 2.31. The average molecular weight is 298 g/mol. The SMILES string of the molecule is CS(=O)(=O)CCS(=O)(=O)N1CCCCC1CCN. The smallest absolute Gasteiger partial charge is 0.215 e. The summed E-state index contributed by atoms with van der Waals surface area (Å²) in [5, 5.41) is 0. The van der Waals surface area contributed by atoms with Crippen LogP contribution in [-0.2, 0) is 19.9 Å². The van der Waals surface area contributed by atoms with Crippen LogP contribution in [0.1, 0.15) is 25.7 Å². The van der Waals surface area contributed by atoms with E-state index >= 15 is 0 Å². The van der Waals surface area contributed by atoms with Crippen LogP contribution in [0.3, 0.4) is 0 Å². The largest absolute Gasteiger partial charge is 0.330 e. The summed E-state index contributed by atoms with van der Waals surface area (Å²) in [5.41, 5.74) is 5.49. The fourth-order valence-electron chi connectivity index (χ4n) is 2.20. The Bertz CT molecular complexity index is 456. The van der Waals surface area contributed by atoms with Crippen molar-refractivity contribution in [2.24, 2.45) is 5.73 Å². The van der Waals surface area contributed by atoms with Crippen molar-refractivity contribution in [3.05, 3.63) is 0 Å². The molecule has 0 saturated carbocycles. The maximum absolute atomic E-state index is 12.1. The second-order valence-electron chi connectivity index (χ2n) is 4.78. The van der Waals surface area contributed by atoms with E-state index in [-0.39, 0.29) is 17.5 Å². The van der Waals surface area contributed by atoms with Crippen molar-refractivity contribution in [3.63, 3.8) is 0 Å². The van der Waals surface area contributed by atoms with E-state index < -0.39 is 19.9 Å². The zero-order valence-corrected chi connectivity index (χ0v) is 12.3. The third-order valence-corrected chi connectivity index (χ3v) is 6.26. The second kappa shape index (κ2) is 6.31. The van der Waals surface area contributed by atoms with Crippen molar-refractivity contribution in [2.45, 2.75) is 31.7 Å². The van der Waals surface area contributed by atoms with E-state index in [0.29, 0.717) is 19.5 Å². The fraction of sp³-hybridized carbons (Fsp3) is 1.00. The monoisotopic (exact) mass is 298 g/mol. The predicted molar refractivity (Wildman–Crippen MR) is 71.5 cm³/mol. The Balaban J connectivity index is 2.74. The van der Waals surface area contributed by atoms with Crippen LogP contribution >= 0.6 is 0 Å². The van der Waals surface area contributed by atoms with Crippen LogP contribution in [-0.4, -0.2) is 58.0 Å². The topological polar surface area (TPSA) is 97.5 Å². The Morgan fingerprint density at radius 2 is 1.83 bits per heavy atom. The number of rotatable bonds is 6. The van der Waals surface area contributed by atoms with Crippen LogP contribution in [0.15, 0.2) is 0 Å². The van der Waals surface area contributed by atoms with Gasteiger partial charge in [-0.2, -0.15) is 4.31 Å². The molecule has 0 amide bonds. The number of nitrogens with zero attached hydrogens (tertiary/aromatic N) is 1. The summed E-state index contributed by atoms with van der Waals surface area (Å²) in [5.74, 6) is -0.645. The summed E-state index contributed by atoms with van der Waals surface area (Å²) in [4.78, 5) is 0. The maximum atomic E-state index is 12.1. The first kappa shape index (κ1) is 15.9. The molecule has 0 aromatic heterocycles. The lowest BCUT2D eigenvalue weighted by Gasteiger charge is -2.34. The van der Waals surface area contributed by atoms with Gasteiger partial charge in [-0.25, -0.2) is 16.8 Å². The number of hydrogen-bond donors (Lipinski definition) is 1. The highest BCUT2D eigenvalue weighted by molar-refractivity contribution is 7.93. The summed E-state index contributed by atoms with van der Waals surface area (Å²) in [6.45, 7) is 0.930. The molecular formula is C10H22N2O4S2. The van der Waals surface area contributed by atoms with E-state index in [4.69, 9.17) is 5.73 Å². The van der Waals surface area contributed by atoms with E-state index in [1.165, 1.54) is 4.31 Å². The van der Waals surface area contributed by atoms with E-state index in [1.807, 2.05) is 0 Å². The van der Waals surface area contributed by atoms with Crippen molar-refractivity contribution >= 4 is 19.9 Å². The summed E-state index contributed by atoms with van der Waals surface area (Å²) in [6.07, 6.45) is 4.34. The minimum atomic E-state index is -3.49. The lowest BCUT2D eigenvalue weighted by atomic mass is 10.0. The van der Waals surface area contributed by atoms with Crippen molar-refractivity contribution in [2.75, 3.05) is 30.9 Å². The van der Waals surface area contributed by atoms with Gasteiger partial charge in [-0.15, -0.1) is 0 Å². The van der Waals surface area contributed by atoms with Crippen LogP contribution in [0.2, 0.25) is 0 Å². The van der Waals surface area contributed by atoms with E-state index in [2.05, 4.69) is 0 Å². The molecule has 1 aliphatic heterocycles. The van der Waals surface area contributed by atoms with Crippen molar-refractivity contribution in [1.82, 2.24) is 4.31 Å². The predicted octanol–water partition coefficient (Wildman–Crippen LogP) is -0.436. The molecule has 1 rings (SSSR count). The lowest BCUT2D eigenvalue weighted by Crippen LogP contribution is -2.46. The van der Waals surface area contributed by atoms with Gasteiger partial charge < -0.3 is 5.73 Å². The third kappa shape index (κ3) is 4.83. The molecule has 1 heterocycles. The summed E-state index contributed by atoms with van der Waals surface area (Å²) < 4.78 is 47.9. The van der Waals surface area contributed by atoms with Crippen LogP contribution in [0.25, 0.3) is 0 Å². The van der Waals surface area contributed by atoms with Gasteiger partial charge >= 0.3 is 0 Å². The van der Waals surface area contributed by atoms with Crippen molar-refractivity contribution in [3.8, 4) is 0 Å². The molecule has 6 nitrogen and oxygen atoms in total. The summed E-state index contributed by atoms with van der Waals surface area (Å²) >= 11 is 0. The van der Waals surface area contributed by atoms with Crippen LogP contribution in [0.4, 0.5) is 0 Å². The molecule has 0 radical (unpaired) electrons. The van der Waals surface area contributed by atoms with Gasteiger partial charge in [0.25, 0.3) is 0 Å². The van der Waals surface area contributed by atoms with E-state index in [1.54, 1.807) is 0 Å². The van der Waals surface area contributed by atoms with E-state index in [0.717, 1.165) is 25.5 Å². The zero-order chi connectivity index (χ0) is 13.8. The molecule has 108 valence electrons. The molecule has 2 N–H and O–H groups in total. The van der Waals surface area contributed by atoms with Gasteiger partial charge in [0.15, 0.2) is 0 Å². The molecule has 8 heteroatoms. The molecule has 0 aliphatic carbocycles. The number of nitrogens with two attached hydrogens (primary N) is 1. The average Bonchev–Trinajstić information content (AvgIpc) is 2.27. The first-order chi connectivity index (χ1) is 8.26. The molecule has 1 saturated heterocycles. The molecule has 0 aromatic carbocycles. The van der Waals surface area contributed by atoms with Crippen LogP contribution < -0.4 is 5.73 Å². The Hall–Kier alpha value is -0.180. The molecular weight excluding hydrogens is 276 g/mol. The summed E-state index contributed by atoms with van der Waals surface area (Å²) in [7, 11) is -6.75. The second-order valence-corrected chi connectivity index (χ2v) is 9.08.